The summed E-state index contributed by atoms with van der Waals surface area (Å²) in [6.45, 7) is 4.15. The predicted octanol–water partition coefficient (Wildman–Crippen LogP) is 7.05. The molecule has 2 bridgehead atoms. The topological polar surface area (TPSA) is 49.7 Å². The lowest BCUT2D eigenvalue weighted by atomic mass is 9.58. The van der Waals surface area contributed by atoms with Crippen molar-refractivity contribution in [3.05, 3.63) is 71.6 Å². The first-order valence-electron chi connectivity index (χ1n) is 12.0. The molecule has 2 N–H and O–H groups in total. The summed E-state index contributed by atoms with van der Waals surface area (Å²) in [6, 6.07) is 15.1. The molecule has 1 fully saturated rings. The van der Waals surface area contributed by atoms with Gasteiger partial charge in [0.15, 0.2) is 11.6 Å². The van der Waals surface area contributed by atoms with Gasteiger partial charge in [-0.2, -0.15) is 0 Å². The number of fused-ring (bicyclic) bond motifs is 2. The summed E-state index contributed by atoms with van der Waals surface area (Å²) >= 11 is 1.90. The van der Waals surface area contributed by atoms with Crippen LogP contribution in [0, 0.1) is 17.2 Å². The Labute approximate surface area is 201 Å². The molecule has 3 unspecified atom stereocenters. The van der Waals surface area contributed by atoms with Gasteiger partial charge in [0.25, 0.3) is 0 Å². The molecule has 2 aromatic rings. The number of rotatable bonds is 9. The molecule has 33 heavy (non-hydrogen) atoms. The number of unbranched alkanes of at least 4 members (excludes halogenated alkanes) is 2. The van der Waals surface area contributed by atoms with Gasteiger partial charge in [-0.15, -0.1) is 11.8 Å². The van der Waals surface area contributed by atoms with E-state index in [-0.39, 0.29) is 29.8 Å². The van der Waals surface area contributed by atoms with Crippen molar-refractivity contribution >= 4 is 11.8 Å². The second kappa shape index (κ2) is 10.2. The number of benzene rings is 2. The third-order valence-corrected chi connectivity index (χ3v) is 8.73. The molecule has 3 nitrogen and oxygen atoms in total. The van der Waals surface area contributed by atoms with E-state index in [1.54, 1.807) is 6.07 Å². The number of hydrogen-bond donors (Lipinski definition) is 2. The van der Waals surface area contributed by atoms with Gasteiger partial charge in [0.1, 0.15) is 0 Å². The van der Waals surface area contributed by atoms with Crippen LogP contribution in [-0.2, 0) is 4.74 Å². The van der Waals surface area contributed by atoms with E-state index in [2.05, 4.69) is 30.3 Å². The Morgan fingerprint density at radius 1 is 1.09 bits per heavy atom. The van der Waals surface area contributed by atoms with E-state index < -0.39 is 11.4 Å². The van der Waals surface area contributed by atoms with E-state index in [9.17, 15) is 14.6 Å². The van der Waals surface area contributed by atoms with Crippen LogP contribution in [0.15, 0.2) is 65.1 Å². The molecular formula is C28H35FO3S. The maximum atomic E-state index is 14.2. The summed E-state index contributed by atoms with van der Waals surface area (Å²) in [4.78, 5) is 1.32. The zero-order valence-corrected chi connectivity index (χ0v) is 20.4. The van der Waals surface area contributed by atoms with Crippen LogP contribution in [0.5, 0.6) is 5.75 Å². The number of phenols is 1. The average Bonchev–Trinajstić information content (AvgIpc) is 2.82. The van der Waals surface area contributed by atoms with Crippen LogP contribution in [0.4, 0.5) is 4.39 Å². The summed E-state index contributed by atoms with van der Waals surface area (Å²) in [6.07, 6.45) is 8.13. The number of allylic oxidation sites excluding steroid dienone is 1. The minimum absolute atomic E-state index is 0.0770. The normalized spacial score (nSPS) is 26.1. The first-order valence-corrected chi connectivity index (χ1v) is 13.0. The molecule has 0 aromatic heterocycles. The van der Waals surface area contributed by atoms with Crippen molar-refractivity contribution < 1.29 is 19.3 Å². The monoisotopic (exact) mass is 470 g/mol. The quantitative estimate of drug-likeness (QED) is 0.234. The number of aromatic hydroxyl groups is 1. The first kappa shape index (κ1) is 24.3. The van der Waals surface area contributed by atoms with E-state index in [0.29, 0.717) is 0 Å². The second-order valence-electron chi connectivity index (χ2n) is 9.96. The second-order valence-corrected chi connectivity index (χ2v) is 11.1. The first-order chi connectivity index (χ1) is 15.9. The Bertz CT molecular complexity index is 974. The van der Waals surface area contributed by atoms with Gasteiger partial charge in [0, 0.05) is 16.2 Å². The molecule has 0 amide bonds. The fraction of sp³-hybridized carbons (Fsp3) is 0.500. The molecule has 2 aliphatic rings. The Morgan fingerprint density at radius 2 is 1.88 bits per heavy atom. The third kappa shape index (κ3) is 5.16. The number of hydrogen-bond acceptors (Lipinski definition) is 4. The summed E-state index contributed by atoms with van der Waals surface area (Å²) in [5.74, 6) is 0.269. The molecule has 1 aliphatic heterocycles. The van der Waals surface area contributed by atoms with Crippen LogP contribution < -0.4 is 0 Å². The molecular weight excluding hydrogens is 435 g/mol. The smallest absolute Gasteiger partial charge is 0.165 e. The maximum Gasteiger partial charge on any atom is 0.165 e. The highest BCUT2D eigenvalue weighted by molar-refractivity contribution is 7.99. The molecule has 1 saturated heterocycles. The largest absolute Gasteiger partial charge is 0.505 e. The van der Waals surface area contributed by atoms with Gasteiger partial charge in [0.2, 0.25) is 0 Å². The minimum atomic E-state index is -0.620. The SMILES string of the molecule is CC1(C)OC(c2ccc(O)c(F)c2)C2CC1(CO)CC=C2CCCCCSc1ccccc1. The van der Waals surface area contributed by atoms with Crippen LogP contribution in [0.2, 0.25) is 0 Å². The highest BCUT2D eigenvalue weighted by atomic mass is 32.2. The lowest BCUT2D eigenvalue weighted by molar-refractivity contribution is -0.223. The van der Waals surface area contributed by atoms with Gasteiger partial charge < -0.3 is 14.9 Å². The van der Waals surface area contributed by atoms with Gasteiger partial charge in [-0.3, -0.25) is 0 Å². The zero-order valence-electron chi connectivity index (χ0n) is 19.6. The highest BCUT2D eigenvalue weighted by Gasteiger charge is 2.55. The van der Waals surface area contributed by atoms with Crippen molar-refractivity contribution in [2.24, 2.45) is 11.3 Å². The average molecular weight is 471 g/mol. The number of ether oxygens (including phenoxy) is 1. The fourth-order valence-electron chi connectivity index (χ4n) is 5.35. The fourth-order valence-corrected chi connectivity index (χ4v) is 6.29. The van der Waals surface area contributed by atoms with Crippen molar-refractivity contribution in [3.63, 3.8) is 0 Å². The standard InChI is InChI=1S/C28H35FO3S/c1-27(2)28(19-30)15-14-20(9-5-4-8-16-33-22-10-6-3-7-11-22)23(18-28)26(32-27)21-12-13-25(31)24(29)17-21/h3,6-7,10-14,17,23,26,30-31H,4-5,8-9,15-16,18-19H2,1-2H3. The van der Waals surface area contributed by atoms with E-state index in [1.165, 1.54) is 35.4 Å². The predicted molar refractivity (Wildman–Crippen MR) is 132 cm³/mol. The lowest BCUT2D eigenvalue weighted by Crippen LogP contribution is -2.56. The Morgan fingerprint density at radius 3 is 2.61 bits per heavy atom. The van der Waals surface area contributed by atoms with Crippen LogP contribution in [0.3, 0.4) is 0 Å². The third-order valence-electron chi connectivity index (χ3n) is 7.63. The molecule has 3 atom stereocenters. The van der Waals surface area contributed by atoms with Crippen molar-refractivity contribution in [3.8, 4) is 5.75 Å². The van der Waals surface area contributed by atoms with Crippen LogP contribution in [-0.4, -0.2) is 28.2 Å². The van der Waals surface area contributed by atoms with Crippen molar-refractivity contribution in [1.29, 1.82) is 0 Å². The minimum Gasteiger partial charge on any atom is -0.505 e. The highest BCUT2D eigenvalue weighted by Crippen LogP contribution is 2.58. The van der Waals surface area contributed by atoms with Crippen molar-refractivity contribution in [2.75, 3.05) is 12.4 Å². The van der Waals surface area contributed by atoms with Gasteiger partial charge in [-0.05, 0) is 81.5 Å². The summed E-state index contributed by atoms with van der Waals surface area (Å²) in [7, 11) is 0. The number of thioether (sulfide) groups is 1. The molecule has 0 spiro atoms. The van der Waals surface area contributed by atoms with E-state index >= 15 is 0 Å². The van der Waals surface area contributed by atoms with Crippen molar-refractivity contribution in [1.82, 2.24) is 0 Å². The molecule has 1 aliphatic carbocycles. The maximum absolute atomic E-state index is 14.2. The molecule has 4 rings (SSSR count). The zero-order chi connectivity index (χ0) is 23.5. The van der Waals surface area contributed by atoms with Crippen LogP contribution in [0.25, 0.3) is 0 Å². The van der Waals surface area contributed by atoms with Crippen LogP contribution >= 0.6 is 11.8 Å². The number of phenolic OH excluding ortho intramolecular Hbond substituents is 1. The van der Waals surface area contributed by atoms with E-state index in [1.807, 2.05) is 31.7 Å². The Kier molecular flexibility index (Phi) is 7.52. The molecule has 178 valence electrons. The lowest BCUT2D eigenvalue weighted by Gasteiger charge is -2.57. The number of aliphatic hydroxyl groups is 1. The van der Waals surface area contributed by atoms with E-state index in [0.717, 1.165) is 37.0 Å². The molecule has 0 radical (unpaired) electrons. The Hall–Kier alpha value is -1.82. The molecule has 1 heterocycles. The number of halogens is 1. The van der Waals surface area contributed by atoms with Gasteiger partial charge >= 0.3 is 0 Å². The van der Waals surface area contributed by atoms with Crippen molar-refractivity contribution in [2.45, 2.75) is 69.0 Å². The van der Waals surface area contributed by atoms with Gasteiger partial charge in [0.05, 0.1) is 18.3 Å². The molecule has 0 saturated carbocycles. The number of aliphatic hydroxyl groups excluding tert-OH is 1. The molecule has 5 heteroatoms. The summed E-state index contributed by atoms with van der Waals surface area (Å²) in [5.41, 5.74) is 1.26. The van der Waals surface area contributed by atoms with Gasteiger partial charge in [-0.25, -0.2) is 4.39 Å². The van der Waals surface area contributed by atoms with Crippen LogP contribution in [0.1, 0.15) is 64.0 Å². The van der Waals surface area contributed by atoms with Gasteiger partial charge in [-0.1, -0.05) is 42.3 Å². The van der Waals surface area contributed by atoms with E-state index in [4.69, 9.17) is 4.74 Å². The Balaban J connectivity index is 1.42. The summed E-state index contributed by atoms with van der Waals surface area (Å²) < 4.78 is 20.8. The molecule has 2 aromatic carbocycles. The summed E-state index contributed by atoms with van der Waals surface area (Å²) in [5, 5.41) is 20.0.